The van der Waals surface area contributed by atoms with Crippen molar-refractivity contribution >= 4 is 5.69 Å². The summed E-state index contributed by atoms with van der Waals surface area (Å²) in [6.45, 7) is 0. The maximum atomic E-state index is 13.0. The summed E-state index contributed by atoms with van der Waals surface area (Å²) in [4.78, 5) is 8.15. The zero-order valence-corrected chi connectivity index (χ0v) is 9.75. The summed E-state index contributed by atoms with van der Waals surface area (Å²) in [5, 5.41) is 3.86. The second kappa shape index (κ2) is 4.49. The lowest BCUT2D eigenvalue weighted by Crippen LogP contribution is -1.91. The van der Waals surface area contributed by atoms with Crippen molar-refractivity contribution in [1.29, 1.82) is 0 Å². The first-order valence-electron chi connectivity index (χ1n) is 5.53. The molecule has 2 N–H and O–H groups in total. The molecule has 3 rings (SSSR count). The Balaban J connectivity index is 2.02. The van der Waals surface area contributed by atoms with E-state index in [0.29, 0.717) is 11.4 Å². The molecule has 19 heavy (non-hydrogen) atoms. The van der Waals surface area contributed by atoms with Gasteiger partial charge >= 0.3 is 0 Å². The number of nitrogens with two attached hydrogens (primary N) is 1. The number of aromatic nitrogens is 3. The summed E-state index contributed by atoms with van der Waals surface area (Å²) in [7, 11) is 0. The van der Waals surface area contributed by atoms with Crippen molar-refractivity contribution in [3.63, 3.8) is 0 Å². The van der Waals surface area contributed by atoms with E-state index in [1.54, 1.807) is 24.5 Å². The van der Waals surface area contributed by atoms with Crippen LogP contribution in [0.2, 0.25) is 0 Å². The van der Waals surface area contributed by atoms with Gasteiger partial charge in [0.2, 0.25) is 5.82 Å². The second-order valence-corrected chi connectivity index (χ2v) is 3.89. The topological polar surface area (TPSA) is 77.8 Å². The average molecular weight is 256 g/mol. The zero-order valence-electron chi connectivity index (χ0n) is 9.75. The molecule has 0 spiro atoms. The van der Waals surface area contributed by atoms with Gasteiger partial charge in [0, 0.05) is 23.6 Å². The molecule has 5 nitrogen and oxygen atoms in total. The SMILES string of the molecule is Nc1cc(F)ccc1-c1nc(-c2ccncc2)no1. The Morgan fingerprint density at radius 1 is 1.11 bits per heavy atom. The van der Waals surface area contributed by atoms with Crippen molar-refractivity contribution in [1.82, 2.24) is 15.1 Å². The van der Waals surface area contributed by atoms with Gasteiger partial charge in [-0.3, -0.25) is 4.98 Å². The second-order valence-electron chi connectivity index (χ2n) is 3.89. The molecule has 0 unspecified atom stereocenters. The van der Waals surface area contributed by atoms with Gasteiger partial charge in [0.1, 0.15) is 5.82 Å². The van der Waals surface area contributed by atoms with Crippen LogP contribution in [0.5, 0.6) is 0 Å². The highest BCUT2D eigenvalue weighted by Crippen LogP contribution is 2.26. The minimum atomic E-state index is -0.407. The number of pyridine rings is 1. The van der Waals surface area contributed by atoms with Crippen LogP contribution >= 0.6 is 0 Å². The Morgan fingerprint density at radius 3 is 2.63 bits per heavy atom. The van der Waals surface area contributed by atoms with Gasteiger partial charge in [-0.15, -0.1) is 0 Å². The van der Waals surface area contributed by atoms with Gasteiger partial charge < -0.3 is 10.3 Å². The first kappa shape index (κ1) is 11.3. The quantitative estimate of drug-likeness (QED) is 0.713. The lowest BCUT2D eigenvalue weighted by atomic mass is 10.2. The number of anilines is 1. The van der Waals surface area contributed by atoms with Crippen LogP contribution < -0.4 is 5.73 Å². The zero-order chi connectivity index (χ0) is 13.2. The molecule has 0 radical (unpaired) electrons. The van der Waals surface area contributed by atoms with E-state index in [1.165, 1.54) is 18.2 Å². The molecular formula is C13H9FN4O. The molecule has 0 bridgehead atoms. The van der Waals surface area contributed by atoms with E-state index in [0.717, 1.165) is 5.56 Å². The minimum Gasteiger partial charge on any atom is -0.398 e. The predicted molar refractivity (Wildman–Crippen MR) is 67.3 cm³/mol. The lowest BCUT2D eigenvalue weighted by molar-refractivity contribution is 0.432. The molecule has 0 amide bonds. The van der Waals surface area contributed by atoms with Crippen LogP contribution in [0, 0.1) is 5.82 Å². The summed E-state index contributed by atoms with van der Waals surface area (Å²) in [6.07, 6.45) is 3.27. The number of hydrogen-bond donors (Lipinski definition) is 1. The molecule has 2 aromatic heterocycles. The fourth-order valence-electron chi connectivity index (χ4n) is 1.68. The van der Waals surface area contributed by atoms with E-state index in [2.05, 4.69) is 15.1 Å². The molecule has 0 aliphatic carbocycles. The predicted octanol–water partition coefficient (Wildman–Crippen LogP) is 2.52. The van der Waals surface area contributed by atoms with E-state index < -0.39 is 5.82 Å². The fraction of sp³-hybridized carbons (Fsp3) is 0. The highest BCUT2D eigenvalue weighted by atomic mass is 19.1. The van der Waals surface area contributed by atoms with Gasteiger partial charge in [-0.2, -0.15) is 4.98 Å². The van der Waals surface area contributed by atoms with E-state index >= 15 is 0 Å². The number of benzene rings is 1. The van der Waals surface area contributed by atoms with Gasteiger partial charge in [-0.25, -0.2) is 4.39 Å². The normalized spacial score (nSPS) is 10.6. The third-order valence-electron chi connectivity index (χ3n) is 2.61. The Kier molecular flexibility index (Phi) is 2.68. The molecule has 0 aliphatic rings. The number of nitrogen functional groups attached to an aromatic ring is 1. The van der Waals surface area contributed by atoms with Crippen LogP contribution in [0.3, 0.4) is 0 Å². The van der Waals surface area contributed by atoms with Gasteiger partial charge in [0.15, 0.2) is 0 Å². The molecule has 0 atom stereocenters. The number of rotatable bonds is 2. The summed E-state index contributed by atoms with van der Waals surface area (Å²) in [5.41, 5.74) is 7.27. The Bertz CT molecular complexity index is 712. The molecule has 0 saturated carbocycles. The molecule has 1 aromatic carbocycles. The number of nitrogens with zero attached hydrogens (tertiary/aromatic N) is 3. The molecule has 0 fully saturated rings. The lowest BCUT2D eigenvalue weighted by Gasteiger charge is -1.99. The maximum Gasteiger partial charge on any atom is 0.260 e. The van der Waals surface area contributed by atoms with E-state index in [9.17, 15) is 4.39 Å². The van der Waals surface area contributed by atoms with E-state index in [1.807, 2.05) is 0 Å². The van der Waals surface area contributed by atoms with Crippen LogP contribution in [0.15, 0.2) is 47.2 Å². The van der Waals surface area contributed by atoms with Crippen molar-refractivity contribution in [2.45, 2.75) is 0 Å². The Hall–Kier alpha value is -2.76. The molecular weight excluding hydrogens is 247 g/mol. The molecule has 0 saturated heterocycles. The Morgan fingerprint density at radius 2 is 1.89 bits per heavy atom. The highest BCUT2D eigenvalue weighted by molar-refractivity contribution is 5.71. The van der Waals surface area contributed by atoms with Crippen LogP contribution in [0.1, 0.15) is 0 Å². The largest absolute Gasteiger partial charge is 0.398 e. The summed E-state index contributed by atoms with van der Waals surface area (Å²) >= 11 is 0. The van der Waals surface area contributed by atoms with Gasteiger partial charge in [0.25, 0.3) is 5.89 Å². The van der Waals surface area contributed by atoms with Crippen molar-refractivity contribution in [3.05, 3.63) is 48.5 Å². The fourth-order valence-corrected chi connectivity index (χ4v) is 1.68. The molecule has 2 heterocycles. The van der Waals surface area contributed by atoms with Gasteiger partial charge in [-0.1, -0.05) is 5.16 Å². The van der Waals surface area contributed by atoms with Crippen molar-refractivity contribution in [2.75, 3.05) is 5.73 Å². The first-order chi connectivity index (χ1) is 9.24. The number of hydrogen-bond acceptors (Lipinski definition) is 5. The highest BCUT2D eigenvalue weighted by Gasteiger charge is 2.13. The smallest absolute Gasteiger partial charge is 0.260 e. The van der Waals surface area contributed by atoms with Crippen LogP contribution in [-0.2, 0) is 0 Å². The van der Waals surface area contributed by atoms with Crippen molar-refractivity contribution in [2.24, 2.45) is 0 Å². The summed E-state index contributed by atoms with van der Waals surface area (Å²) in [6, 6.07) is 7.55. The average Bonchev–Trinajstić information content (AvgIpc) is 2.89. The van der Waals surface area contributed by atoms with Gasteiger partial charge in [0.05, 0.1) is 5.56 Å². The molecule has 3 aromatic rings. The van der Waals surface area contributed by atoms with Crippen LogP contribution in [0.25, 0.3) is 22.8 Å². The molecule has 0 aliphatic heterocycles. The van der Waals surface area contributed by atoms with Crippen LogP contribution in [0.4, 0.5) is 10.1 Å². The first-order valence-corrected chi connectivity index (χ1v) is 5.53. The van der Waals surface area contributed by atoms with Gasteiger partial charge in [-0.05, 0) is 30.3 Å². The third kappa shape index (κ3) is 2.15. The Labute approximate surface area is 107 Å². The summed E-state index contributed by atoms with van der Waals surface area (Å²) < 4.78 is 18.1. The van der Waals surface area contributed by atoms with E-state index in [-0.39, 0.29) is 11.6 Å². The van der Waals surface area contributed by atoms with Crippen molar-refractivity contribution in [3.8, 4) is 22.8 Å². The van der Waals surface area contributed by atoms with E-state index in [4.69, 9.17) is 10.3 Å². The molecule has 94 valence electrons. The maximum absolute atomic E-state index is 13.0. The molecule has 6 heteroatoms. The standard InChI is InChI=1S/C13H9FN4O/c14-9-1-2-10(11(15)7-9)13-17-12(18-19-13)8-3-5-16-6-4-8/h1-7H,15H2. The third-order valence-corrected chi connectivity index (χ3v) is 2.61. The number of halogens is 1. The monoisotopic (exact) mass is 256 g/mol. The minimum absolute atomic E-state index is 0.254. The van der Waals surface area contributed by atoms with Crippen molar-refractivity contribution < 1.29 is 8.91 Å². The van der Waals surface area contributed by atoms with Crippen LogP contribution in [-0.4, -0.2) is 15.1 Å². The summed E-state index contributed by atoms with van der Waals surface area (Å²) in [5.74, 6) is 0.278.